The quantitative estimate of drug-likeness (QED) is 0.356. The molecular formula is C16H15NO3. The van der Waals surface area contributed by atoms with Crippen molar-refractivity contribution in [3.63, 3.8) is 0 Å². The number of nitrogens with zero attached hydrogens (tertiary/aromatic N) is 1. The summed E-state index contributed by atoms with van der Waals surface area (Å²) in [5.41, 5.74) is 0.682. The van der Waals surface area contributed by atoms with Gasteiger partial charge in [0.25, 0.3) is 5.70 Å². The van der Waals surface area contributed by atoms with E-state index in [1.807, 2.05) is 6.92 Å². The van der Waals surface area contributed by atoms with Crippen LogP contribution in [-0.2, 0) is 9.53 Å². The summed E-state index contributed by atoms with van der Waals surface area (Å²) in [6.45, 7) is 10.9. The molecule has 0 radical (unpaired) electrons. The van der Waals surface area contributed by atoms with Gasteiger partial charge in [-0.2, -0.15) is 0 Å². The minimum Gasteiger partial charge on any atom is -0.471 e. The number of hydrogen-bond donors (Lipinski definition) is 0. The number of carbonyl (C=O) groups excluding carboxylic acids is 1. The number of carbonyl (C=O) groups is 1. The summed E-state index contributed by atoms with van der Waals surface area (Å²) < 4.78 is 10.0. The molecule has 0 heterocycles. The van der Waals surface area contributed by atoms with Crippen LogP contribution in [0.15, 0.2) is 30.0 Å². The van der Waals surface area contributed by atoms with Gasteiger partial charge in [-0.1, -0.05) is 25.0 Å². The molecule has 0 atom stereocenters. The van der Waals surface area contributed by atoms with Gasteiger partial charge >= 0.3 is 5.97 Å². The third kappa shape index (κ3) is 4.88. The van der Waals surface area contributed by atoms with E-state index in [1.54, 1.807) is 31.2 Å². The van der Waals surface area contributed by atoms with Crippen molar-refractivity contribution in [2.45, 2.75) is 20.3 Å². The molecule has 0 unspecified atom stereocenters. The predicted octanol–water partition coefficient (Wildman–Crippen LogP) is 3.26. The second kappa shape index (κ2) is 8.39. The highest BCUT2D eigenvalue weighted by Crippen LogP contribution is 2.15. The number of benzene rings is 1. The molecule has 1 aromatic rings. The van der Waals surface area contributed by atoms with Gasteiger partial charge in [0.2, 0.25) is 0 Å². The lowest BCUT2D eigenvalue weighted by molar-refractivity contribution is -0.138. The Hall–Kier alpha value is -2.72. The molecule has 0 spiro atoms. The van der Waals surface area contributed by atoms with Crippen molar-refractivity contribution < 1.29 is 14.3 Å². The molecule has 4 heteroatoms. The normalized spacial score (nSPS) is 9.95. The van der Waals surface area contributed by atoms with E-state index in [-0.39, 0.29) is 5.70 Å². The summed E-state index contributed by atoms with van der Waals surface area (Å²) in [6, 6.07) is 6.92. The molecule has 0 aliphatic heterocycles. The van der Waals surface area contributed by atoms with Crippen molar-refractivity contribution in [3.05, 3.63) is 46.9 Å². The van der Waals surface area contributed by atoms with Crippen molar-refractivity contribution in [1.29, 1.82) is 0 Å². The Kier molecular flexibility index (Phi) is 6.44. The number of rotatable bonds is 5. The van der Waals surface area contributed by atoms with Crippen LogP contribution >= 0.6 is 0 Å². The molecule has 0 saturated heterocycles. The van der Waals surface area contributed by atoms with Gasteiger partial charge in [0.15, 0.2) is 0 Å². The lowest BCUT2D eigenvalue weighted by Gasteiger charge is -2.02. The largest absolute Gasteiger partial charge is 0.471 e. The SMILES string of the molecule is [C-]#[N+]C(=Cc1ccc(OC#CC)cc1)C(=O)OCCC. The van der Waals surface area contributed by atoms with Crippen molar-refractivity contribution in [2.75, 3.05) is 6.61 Å². The van der Waals surface area contributed by atoms with Crippen LogP contribution in [0.25, 0.3) is 10.9 Å². The van der Waals surface area contributed by atoms with Gasteiger partial charge in [-0.25, -0.2) is 4.85 Å². The van der Waals surface area contributed by atoms with Crippen LogP contribution in [0, 0.1) is 18.6 Å². The predicted molar refractivity (Wildman–Crippen MR) is 76.3 cm³/mol. The van der Waals surface area contributed by atoms with Crippen molar-refractivity contribution >= 4 is 12.0 Å². The second-order valence-corrected chi connectivity index (χ2v) is 3.80. The van der Waals surface area contributed by atoms with E-state index in [0.29, 0.717) is 12.4 Å². The van der Waals surface area contributed by atoms with E-state index in [4.69, 9.17) is 16.0 Å². The lowest BCUT2D eigenvalue weighted by atomic mass is 10.2. The molecule has 0 saturated carbocycles. The number of ether oxygens (including phenoxy) is 2. The summed E-state index contributed by atoms with van der Waals surface area (Å²) in [6.07, 6.45) is 4.70. The topological polar surface area (TPSA) is 39.9 Å². The molecule has 4 nitrogen and oxygen atoms in total. The molecule has 1 rings (SSSR count). The zero-order valence-corrected chi connectivity index (χ0v) is 11.5. The summed E-state index contributed by atoms with van der Waals surface area (Å²) in [7, 11) is 0. The monoisotopic (exact) mass is 269 g/mol. The second-order valence-electron chi connectivity index (χ2n) is 3.80. The summed E-state index contributed by atoms with van der Waals surface area (Å²) >= 11 is 0. The third-order valence-electron chi connectivity index (χ3n) is 2.22. The fraction of sp³-hybridized carbons (Fsp3) is 0.250. The zero-order valence-electron chi connectivity index (χ0n) is 11.5. The Morgan fingerprint density at radius 3 is 2.65 bits per heavy atom. The van der Waals surface area contributed by atoms with Crippen molar-refractivity contribution in [3.8, 4) is 17.8 Å². The molecule has 0 fully saturated rings. The molecule has 20 heavy (non-hydrogen) atoms. The Balaban J connectivity index is 2.82. The van der Waals surface area contributed by atoms with Crippen LogP contribution in [-0.4, -0.2) is 12.6 Å². The van der Waals surface area contributed by atoms with Crippen LogP contribution < -0.4 is 4.74 Å². The Bertz CT molecular complexity index is 583. The highest BCUT2D eigenvalue weighted by molar-refractivity contribution is 5.95. The van der Waals surface area contributed by atoms with Gasteiger partial charge in [-0.05, 0) is 30.2 Å². The van der Waals surface area contributed by atoms with E-state index in [2.05, 4.69) is 16.9 Å². The molecule has 0 bridgehead atoms. The van der Waals surface area contributed by atoms with Gasteiger partial charge in [0.1, 0.15) is 11.9 Å². The van der Waals surface area contributed by atoms with E-state index in [1.165, 1.54) is 6.08 Å². The minimum absolute atomic E-state index is 0.0412. The fourth-order valence-electron chi connectivity index (χ4n) is 1.31. The molecule has 0 aliphatic rings. The Labute approximate surface area is 118 Å². The van der Waals surface area contributed by atoms with Crippen molar-refractivity contribution in [2.24, 2.45) is 0 Å². The summed E-state index contributed by atoms with van der Waals surface area (Å²) in [4.78, 5) is 14.8. The van der Waals surface area contributed by atoms with Crippen LogP contribution in [0.2, 0.25) is 0 Å². The van der Waals surface area contributed by atoms with Crippen LogP contribution in [0.5, 0.6) is 5.75 Å². The molecular weight excluding hydrogens is 254 g/mol. The van der Waals surface area contributed by atoms with Gasteiger partial charge in [0.05, 0.1) is 13.2 Å². The third-order valence-corrected chi connectivity index (χ3v) is 2.22. The van der Waals surface area contributed by atoms with Crippen LogP contribution in [0.4, 0.5) is 0 Å². The van der Waals surface area contributed by atoms with Gasteiger partial charge in [-0.15, -0.1) is 0 Å². The van der Waals surface area contributed by atoms with E-state index in [0.717, 1.165) is 12.0 Å². The minimum atomic E-state index is -0.598. The van der Waals surface area contributed by atoms with Crippen molar-refractivity contribution in [1.82, 2.24) is 0 Å². The Morgan fingerprint density at radius 2 is 2.10 bits per heavy atom. The molecule has 102 valence electrons. The molecule has 0 aromatic heterocycles. The highest BCUT2D eigenvalue weighted by Gasteiger charge is 2.10. The summed E-state index contributed by atoms with van der Waals surface area (Å²) in [5.74, 6) is 2.63. The lowest BCUT2D eigenvalue weighted by Crippen LogP contribution is -2.06. The molecule has 0 aliphatic carbocycles. The highest BCUT2D eigenvalue weighted by atomic mass is 16.5. The molecule has 1 aromatic carbocycles. The standard InChI is InChI=1S/C16H15NO3/c1-4-10-19-14-8-6-13(7-9-14)12-15(17-3)16(18)20-11-5-2/h6-9,12H,5,11H2,1-2H3. The first-order valence-corrected chi connectivity index (χ1v) is 6.16. The zero-order chi connectivity index (χ0) is 14.8. The maximum absolute atomic E-state index is 11.6. The van der Waals surface area contributed by atoms with E-state index >= 15 is 0 Å². The maximum atomic E-state index is 11.6. The first-order chi connectivity index (χ1) is 9.71. The first kappa shape index (κ1) is 15.3. The average Bonchev–Trinajstić information content (AvgIpc) is 2.49. The Morgan fingerprint density at radius 1 is 1.40 bits per heavy atom. The van der Waals surface area contributed by atoms with Crippen LogP contribution in [0.1, 0.15) is 25.8 Å². The fourth-order valence-corrected chi connectivity index (χ4v) is 1.31. The maximum Gasteiger partial charge on any atom is 0.336 e. The van der Waals surface area contributed by atoms with Gasteiger partial charge in [-0.3, -0.25) is 4.79 Å². The first-order valence-electron chi connectivity index (χ1n) is 6.16. The van der Waals surface area contributed by atoms with E-state index < -0.39 is 5.97 Å². The van der Waals surface area contributed by atoms with E-state index in [9.17, 15) is 4.79 Å². The summed E-state index contributed by atoms with van der Waals surface area (Å²) in [5, 5.41) is 0. The molecule has 0 N–H and O–H groups in total. The van der Waals surface area contributed by atoms with Gasteiger partial charge < -0.3 is 9.47 Å². The number of hydrogen-bond acceptors (Lipinski definition) is 3. The van der Waals surface area contributed by atoms with Crippen LogP contribution in [0.3, 0.4) is 0 Å². The van der Waals surface area contributed by atoms with Gasteiger partial charge in [0, 0.05) is 6.92 Å². The average molecular weight is 269 g/mol. The smallest absolute Gasteiger partial charge is 0.336 e. The molecule has 0 amide bonds. The number of esters is 1.